The van der Waals surface area contributed by atoms with Crippen molar-refractivity contribution in [2.75, 3.05) is 18.7 Å². The lowest BCUT2D eigenvalue weighted by atomic mass is 9.99. The fraction of sp³-hybridized carbons (Fsp3) is 0.190. The third-order valence-corrected chi connectivity index (χ3v) is 4.52. The lowest BCUT2D eigenvalue weighted by Crippen LogP contribution is -2.30. The molecule has 4 rings (SSSR count). The number of rotatable bonds is 5. The van der Waals surface area contributed by atoms with Crippen LogP contribution in [0.3, 0.4) is 0 Å². The summed E-state index contributed by atoms with van der Waals surface area (Å²) in [4.78, 5) is 12.1. The van der Waals surface area contributed by atoms with Crippen LogP contribution in [0.5, 0.6) is 11.5 Å². The van der Waals surface area contributed by atoms with Gasteiger partial charge in [-0.1, -0.05) is 42.5 Å². The van der Waals surface area contributed by atoms with Gasteiger partial charge in [0.15, 0.2) is 11.5 Å². The Morgan fingerprint density at radius 3 is 2.78 bits per heavy atom. The standard InChI is InChI=1S/C21H20N2O4/c24-18(17-7-3-5-14-4-1-2-6-16(14)17)10-11-22-21(25)23-15-8-9-19-20(12-15)27-13-26-19/h1-9,12,18,24H,10-11,13H2,(H2,22,23,25)/t18-/m0/s1. The van der Waals surface area contributed by atoms with Crippen molar-refractivity contribution < 1.29 is 19.4 Å². The first kappa shape index (κ1) is 17.2. The van der Waals surface area contributed by atoms with Crippen LogP contribution in [-0.4, -0.2) is 24.5 Å². The van der Waals surface area contributed by atoms with Crippen molar-refractivity contribution in [3.05, 3.63) is 66.2 Å². The number of ether oxygens (including phenoxy) is 2. The molecule has 0 spiro atoms. The van der Waals surface area contributed by atoms with Gasteiger partial charge in [0.2, 0.25) is 6.79 Å². The number of anilines is 1. The topological polar surface area (TPSA) is 79.8 Å². The van der Waals surface area contributed by atoms with Gasteiger partial charge in [-0.3, -0.25) is 0 Å². The first-order chi connectivity index (χ1) is 13.2. The summed E-state index contributed by atoms with van der Waals surface area (Å²) >= 11 is 0. The molecule has 0 aromatic heterocycles. The van der Waals surface area contributed by atoms with Crippen molar-refractivity contribution in [2.24, 2.45) is 0 Å². The molecule has 2 amide bonds. The highest BCUT2D eigenvalue weighted by Gasteiger charge is 2.15. The van der Waals surface area contributed by atoms with Crippen LogP contribution < -0.4 is 20.1 Å². The predicted molar refractivity (Wildman–Crippen MR) is 103 cm³/mol. The van der Waals surface area contributed by atoms with E-state index in [9.17, 15) is 9.90 Å². The molecular formula is C21H20N2O4. The maximum Gasteiger partial charge on any atom is 0.319 e. The Morgan fingerprint density at radius 2 is 1.85 bits per heavy atom. The number of amides is 2. The molecule has 0 fully saturated rings. The lowest BCUT2D eigenvalue weighted by molar-refractivity contribution is 0.169. The zero-order chi connectivity index (χ0) is 18.6. The van der Waals surface area contributed by atoms with Crippen LogP contribution in [0.2, 0.25) is 0 Å². The number of hydrogen-bond donors (Lipinski definition) is 3. The highest BCUT2D eigenvalue weighted by molar-refractivity contribution is 5.89. The molecule has 1 aliphatic heterocycles. The normalized spacial score (nSPS) is 13.4. The largest absolute Gasteiger partial charge is 0.454 e. The molecule has 0 unspecified atom stereocenters. The third-order valence-electron chi connectivity index (χ3n) is 4.52. The Labute approximate surface area is 156 Å². The second-order valence-electron chi connectivity index (χ2n) is 6.32. The Morgan fingerprint density at radius 1 is 1.04 bits per heavy atom. The van der Waals surface area contributed by atoms with Crippen molar-refractivity contribution in [3.8, 4) is 11.5 Å². The van der Waals surface area contributed by atoms with Gasteiger partial charge in [0.05, 0.1) is 6.10 Å². The number of hydrogen-bond acceptors (Lipinski definition) is 4. The van der Waals surface area contributed by atoms with Crippen LogP contribution in [0, 0.1) is 0 Å². The summed E-state index contributed by atoms with van der Waals surface area (Å²) in [5, 5.41) is 18.1. The molecule has 0 saturated carbocycles. The maximum atomic E-state index is 12.1. The van der Waals surface area contributed by atoms with Crippen LogP contribution in [0.25, 0.3) is 10.8 Å². The van der Waals surface area contributed by atoms with Crippen LogP contribution in [0.15, 0.2) is 60.7 Å². The number of carbonyl (C=O) groups is 1. The van der Waals surface area contributed by atoms with Gasteiger partial charge in [-0.25, -0.2) is 4.79 Å². The zero-order valence-electron chi connectivity index (χ0n) is 14.6. The fourth-order valence-electron chi connectivity index (χ4n) is 3.17. The summed E-state index contributed by atoms with van der Waals surface area (Å²) in [7, 11) is 0. The number of fused-ring (bicyclic) bond motifs is 2. The molecule has 0 saturated heterocycles. The van der Waals surface area contributed by atoms with Crippen molar-refractivity contribution >= 4 is 22.5 Å². The molecule has 3 aromatic rings. The second kappa shape index (κ2) is 7.55. The third kappa shape index (κ3) is 3.80. The molecule has 27 heavy (non-hydrogen) atoms. The minimum absolute atomic E-state index is 0.192. The molecule has 0 aliphatic carbocycles. The van der Waals surface area contributed by atoms with Crippen molar-refractivity contribution in [3.63, 3.8) is 0 Å². The first-order valence-electron chi connectivity index (χ1n) is 8.81. The Hall–Kier alpha value is -3.25. The first-order valence-corrected chi connectivity index (χ1v) is 8.81. The van der Waals surface area contributed by atoms with E-state index in [1.807, 2.05) is 42.5 Å². The molecule has 1 heterocycles. The molecule has 3 N–H and O–H groups in total. The Balaban J connectivity index is 1.32. The average Bonchev–Trinajstić information content (AvgIpc) is 3.15. The molecule has 138 valence electrons. The van der Waals surface area contributed by atoms with Crippen molar-refractivity contribution in [2.45, 2.75) is 12.5 Å². The average molecular weight is 364 g/mol. The SMILES string of the molecule is O=C(NCC[C@H](O)c1cccc2ccccc12)Nc1ccc2c(c1)OCO2. The lowest BCUT2D eigenvalue weighted by Gasteiger charge is -2.14. The van der Waals surface area contributed by atoms with E-state index in [0.29, 0.717) is 30.2 Å². The molecule has 6 heteroatoms. The maximum absolute atomic E-state index is 12.1. The van der Waals surface area contributed by atoms with Gasteiger partial charge < -0.3 is 25.2 Å². The minimum Gasteiger partial charge on any atom is -0.454 e. The van der Waals surface area contributed by atoms with Crippen molar-refractivity contribution in [1.29, 1.82) is 0 Å². The molecule has 6 nitrogen and oxygen atoms in total. The molecule has 0 radical (unpaired) electrons. The molecule has 1 aliphatic rings. The van der Waals surface area contributed by atoms with E-state index in [2.05, 4.69) is 10.6 Å². The zero-order valence-corrected chi connectivity index (χ0v) is 14.6. The monoisotopic (exact) mass is 364 g/mol. The van der Waals surface area contributed by atoms with Crippen LogP contribution >= 0.6 is 0 Å². The van der Waals surface area contributed by atoms with Gasteiger partial charge >= 0.3 is 6.03 Å². The second-order valence-corrected chi connectivity index (χ2v) is 6.32. The van der Waals surface area contributed by atoms with E-state index in [-0.39, 0.29) is 12.8 Å². The van der Waals surface area contributed by atoms with Gasteiger partial charge in [-0.05, 0) is 34.9 Å². The molecular weight excluding hydrogens is 344 g/mol. The van der Waals surface area contributed by atoms with E-state index in [0.717, 1.165) is 16.3 Å². The molecule has 0 bridgehead atoms. The summed E-state index contributed by atoms with van der Waals surface area (Å²) in [6.45, 7) is 0.539. The van der Waals surface area contributed by atoms with Gasteiger partial charge in [-0.2, -0.15) is 0 Å². The van der Waals surface area contributed by atoms with E-state index in [1.54, 1.807) is 18.2 Å². The number of benzene rings is 3. The van der Waals surface area contributed by atoms with Gasteiger partial charge in [-0.15, -0.1) is 0 Å². The molecule has 1 atom stereocenters. The highest BCUT2D eigenvalue weighted by atomic mass is 16.7. The Kier molecular flexibility index (Phi) is 4.80. The number of aliphatic hydroxyl groups is 1. The summed E-state index contributed by atoms with van der Waals surface area (Å²) in [6.07, 6.45) is -0.232. The van der Waals surface area contributed by atoms with E-state index < -0.39 is 6.10 Å². The summed E-state index contributed by atoms with van der Waals surface area (Å²) in [5.41, 5.74) is 1.48. The van der Waals surface area contributed by atoms with Gasteiger partial charge in [0.25, 0.3) is 0 Å². The van der Waals surface area contributed by atoms with Gasteiger partial charge in [0.1, 0.15) is 0 Å². The van der Waals surface area contributed by atoms with Crippen LogP contribution in [0.4, 0.5) is 10.5 Å². The van der Waals surface area contributed by atoms with Crippen molar-refractivity contribution in [1.82, 2.24) is 5.32 Å². The fourth-order valence-corrected chi connectivity index (χ4v) is 3.17. The summed E-state index contributed by atoms with van der Waals surface area (Å²) < 4.78 is 10.5. The smallest absolute Gasteiger partial charge is 0.319 e. The Bertz CT molecular complexity index is 968. The quantitative estimate of drug-likeness (QED) is 0.643. The summed E-state index contributed by atoms with van der Waals surface area (Å²) in [6, 6.07) is 18.7. The van der Waals surface area contributed by atoms with E-state index in [1.165, 1.54) is 0 Å². The number of carbonyl (C=O) groups excluding carboxylic acids is 1. The minimum atomic E-state index is -0.651. The number of nitrogens with one attached hydrogen (secondary N) is 2. The van der Waals surface area contributed by atoms with E-state index >= 15 is 0 Å². The van der Waals surface area contributed by atoms with Crippen LogP contribution in [-0.2, 0) is 0 Å². The van der Waals surface area contributed by atoms with E-state index in [4.69, 9.17) is 9.47 Å². The summed E-state index contributed by atoms with van der Waals surface area (Å²) in [5.74, 6) is 1.28. The number of aliphatic hydroxyl groups excluding tert-OH is 1. The molecule has 3 aromatic carbocycles. The predicted octanol–water partition coefficient (Wildman–Crippen LogP) is 3.81. The van der Waals surface area contributed by atoms with Crippen LogP contribution in [0.1, 0.15) is 18.1 Å². The highest BCUT2D eigenvalue weighted by Crippen LogP contribution is 2.34. The number of urea groups is 1. The van der Waals surface area contributed by atoms with Gasteiger partial charge in [0, 0.05) is 18.3 Å².